The van der Waals surface area contributed by atoms with Crippen molar-refractivity contribution in [2.75, 3.05) is 7.11 Å². The molecule has 0 bridgehead atoms. The second-order valence-corrected chi connectivity index (χ2v) is 7.06. The van der Waals surface area contributed by atoms with Gasteiger partial charge in [-0.15, -0.1) is 0 Å². The molecule has 6 atom stereocenters. The van der Waals surface area contributed by atoms with Crippen LogP contribution in [0.5, 0.6) is 0 Å². The Balaban J connectivity index is 1.72. The fourth-order valence-electron chi connectivity index (χ4n) is 6.00. The van der Waals surface area contributed by atoms with Crippen LogP contribution >= 0.6 is 0 Å². The molecule has 0 N–H and O–H groups in total. The SMILES string of the molecule is CO[C@H]1[C@@H]2CCCC[C@H]2C(=O)[C@@H]2[C@H]3CCCC[C@]321. The molecule has 0 radical (unpaired) electrons. The highest BCUT2D eigenvalue weighted by Gasteiger charge is 2.75. The van der Waals surface area contributed by atoms with E-state index in [2.05, 4.69) is 0 Å². The van der Waals surface area contributed by atoms with Crippen LogP contribution in [-0.4, -0.2) is 19.0 Å². The van der Waals surface area contributed by atoms with Gasteiger partial charge in [0.2, 0.25) is 0 Å². The molecule has 18 heavy (non-hydrogen) atoms. The lowest BCUT2D eigenvalue weighted by Crippen LogP contribution is -2.48. The van der Waals surface area contributed by atoms with Gasteiger partial charge in [-0.1, -0.05) is 25.7 Å². The van der Waals surface area contributed by atoms with Crippen LogP contribution in [0.4, 0.5) is 0 Å². The summed E-state index contributed by atoms with van der Waals surface area (Å²) in [7, 11) is 1.89. The zero-order valence-corrected chi connectivity index (χ0v) is 11.4. The fraction of sp³-hybridized carbons (Fsp3) is 0.938. The van der Waals surface area contributed by atoms with E-state index >= 15 is 0 Å². The molecular weight excluding hydrogens is 224 g/mol. The Morgan fingerprint density at radius 3 is 2.72 bits per heavy atom. The number of rotatable bonds is 1. The smallest absolute Gasteiger partial charge is 0.140 e. The van der Waals surface area contributed by atoms with Crippen LogP contribution in [0.1, 0.15) is 51.4 Å². The third kappa shape index (κ3) is 1.21. The Morgan fingerprint density at radius 2 is 1.89 bits per heavy atom. The lowest BCUT2D eigenvalue weighted by atomic mass is 9.63. The molecule has 4 rings (SSSR count). The average molecular weight is 248 g/mol. The summed E-state index contributed by atoms with van der Waals surface area (Å²) in [4.78, 5) is 12.8. The van der Waals surface area contributed by atoms with Gasteiger partial charge in [0.05, 0.1) is 6.10 Å². The van der Waals surface area contributed by atoms with Gasteiger partial charge in [0, 0.05) is 24.4 Å². The normalized spacial score (nSPS) is 54.3. The van der Waals surface area contributed by atoms with Crippen LogP contribution in [0.25, 0.3) is 0 Å². The van der Waals surface area contributed by atoms with Crippen LogP contribution in [0, 0.1) is 29.1 Å². The molecular formula is C16H24O2. The molecule has 2 nitrogen and oxygen atoms in total. The molecule has 0 aliphatic heterocycles. The molecule has 0 heterocycles. The largest absolute Gasteiger partial charge is 0.381 e. The molecule has 4 aliphatic carbocycles. The van der Waals surface area contributed by atoms with E-state index in [4.69, 9.17) is 4.74 Å². The van der Waals surface area contributed by atoms with E-state index < -0.39 is 0 Å². The summed E-state index contributed by atoms with van der Waals surface area (Å²) in [6.07, 6.45) is 10.5. The van der Waals surface area contributed by atoms with Gasteiger partial charge in [0.15, 0.2) is 0 Å². The Kier molecular flexibility index (Phi) is 2.43. The summed E-state index contributed by atoms with van der Waals surface area (Å²) in [6.45, 7) is 0. The molecule has 0 aromatic heterocycles. The summed E-state index contributed by atoms with van der Waals surface area (Å²) in [5.41, 5.74) is 0.294. The first kappa shape index (κ1) is 11.5. The summed E-state index contributed by atoms with van der Waals surface area (Å²) in [5, 5.41) is 0. The number of methoxy groups -OCH3 is 1. The number of ether oxygens (including phenoxy) is 1. The van der Waals surface area contributed by atoms with Crippen molar-refractivity contribution in [3.8, 4) is 0 Å². The minimum atomic E-state index is 0.294. The van der Waals surface area contributed by atoms with Crippen molar-refractivity contribution in [3.63, 3.8) is 0 Å². The lowest BCUT2D eigenvalue weighted by molar-refractivity contribution is -0.141. The Hall–Kier alpha value is -0.370. The highest BCUT2D eigenvalue weighted by Crippen LogP contribution is 2.74. The molecule has 4 fully saturated rings. The van der Waals surface area contributed by atoms with Crippen LogP contribution in [0.15, 0.2) is 0 Å². The van der Waals surface area contributed by atoms with Crippen LogP contribution < -0.4 is 0 Å². The molecule has 0 saturated heterocycles. The molecule has 0 aromatic rings. The molecule has 100 valence electrons. The van der Waals surface area contributed by atoms with Crippen molar-refractivity contribution in [2.45, 2.75) is 57.5 Å². The minimum absolute atomic E-state index is 0.294. The van der Waals surface area contributed by atoms with Crippen molar-refractivity contribution in [1.29, 1.82) is 0 Å². The topological polar surface area (TPSA) is 26.3 Å². The molecule has 1 spiro atoms. The minimum Gasteiger partial charge on any atom is -0.381 e. The first-order valence-corrected chi connectivity index (χ1v) is 7.87. The number of Topliss-reactive ketones (excluding diaryl/α,β-unsaturated/α-hetero) is 1. The zero-order valence-electron chi connectivity index (χ0n) is 11.4. The van der Waals surface area contributed by atoms with Crippen LogP contribution in [0.2, 0.25) is 0 Å². The summed E-state index contributed by atoms with van der Waals surface area (Å²) in [6, 6.07) is 0. The van der Waals surface area contributed by atoms with Crippen molar-refractivity contribution < 1.29 is 9.53 Å². The van der Waals surface area contributed by atoms with E-state index in [0.29, 0.717) is 41.0 Å². The summed E-state index contributed by atoms with van der Waals surface area (Å²) in [5.74, 6) is 2.62. The zero-order chi connectivity index (χ0) is 12.3. The van der Waals surface area contributed by atoms with Gasteiger partial charge >= 0.3 is 0 Å². The lowest BCUT2D eigenvalue weighted by Gasteiger charge is -2.44. The second kappa shape index (κ2) is 3.82. The standard InChI is InChI=1S/C16H24O2/c1-18-15-11-7-3-2-6-10(11)14(17)13-12-8-4-5-9-16(12,13)15/h10-13,15H,2-9H2,1H3/t10-,11-,12-,13+,15+,16+/m1/s1. The van der Waals surface area contributed by atoms with Crippen LogP contribution in [0.3, 0.4) is 0 Å². The number of carbonyl (C=O) groups is 1. The number of ketones is 1. The Labute approximate surface area is 109 Å². The van der Waals surface area contributed by atoms with Gasteiger partial charge < -0.3 is 4.74 Å². The predicted octanol–water partition coefficient (Wildman–Crippen LogP) is 3.20. The average Bonchev–Trinajstić information content (AvgIpc) is 3.09. The van der Waals surface area contributed by atoms with Crippen molar-refractivity contribution >= 4 is 5.78 Å². The first-order valence-electron chi connectivity index (χ1n) is 7.87. The van der Waals surface area contributed by atoms with E-state index in [1.165, 1.54) is 44.9 Å². The quantitative estimate of drug-likeness (QED) is 0.712. The highest BCUT2D eigenvalue weighted by molar-refractivity contribution is 5.89. The third-order valence-electron chi connectivity index (χ3n) is 6.60. The highest BCUT2D eigenvalue weighted by atomic mass is 16.5. The summed E-state index contributed by atoms with van der Waals surface area (Å²) >= 11 is 0. The van der Waals surface area contributed by atoms with Gasteiger partial charge in [-0.3, -0.25) is 4.79 Å². The molecule has 0 unspecified atom stereocenters. The van der Waals surface area contributed by atoms with Gasteiger partial charge in [-0.05, 0) is 37.5 Å². The fourth-order valence-corrected chi connectivity index (χ4v) is 6.00. The van der Waals surface area contributed by atoms with Gasteiger partial charge in [0.25, 0.3) is 0 Å². The Bertz CT molecular complexity index is 377. The monoisotopic (exact) mass is 248 g/mol. The van der Waals surface area contributed by atoms with E-state index in [9.17, 15) is 4.79 Å². The van der Waals surface area contributed by atoms with Crippen LogP contribution in [-0.2, 0) is 9.53 Å². The number of fused-ring (bicyclic) bond motifs is 2. The van der Waals surface area contributed by atoms with Gasteiger partial charge in [-0.2, -0.15) is 0 Å². The molecule has 2 heteroatoms. The maximum atomic E-state index is 12.8. The Morgan fingerprint density at radius 1 is 1.11 bits per heavy atom. The first-order chi connectivity index (χ1) is 8.80. The maximum Gasteiger partial charge on any atom is 0.140 e. The molecule has 0 amide bonds. The van der Waals surface area contributed by atoms with E-state index in [-0.39, 0.29) is 0 Å². The van der Waals surface area contributed by atoms with Crippen molar-refractivity contribution in [3.05, 3.63) is 0 Å². The molecule has 4 aliphatic rings. The molecule has 4 saturated carbocycles. The van der Waals surface area contributed by atoms with Crippen molar-refractivity contribution in [1.82, 2.24) is 0 Å². The number of hydrogen-bond donors (Lipinski definition) is 0. The van der Waals surface area contributed by atoms with Gasteiger partial charge in [-0.25, -0.2) is 0 Å². The van der Waals surface area contributed by atoms with Crippen molar-refractivity contribution in [2.24, 2.45) is 29.1 Å². The van der Waals surface area contributed by atoms with E-state index in [1.807, 2.05) is 7.11 Å². The molecule has 0 aromatic carbocycles. The van der Waals surface area contributed by atoms with Gasteiger partial charge in [0.1, 0.15) is 5.78 Å². The van der Waals surface area contributed by atoms with E-state index in [1.54, 1.807) is 0 Å². The predicted molar refractivity (Wildman–Crippen MR) is 69.1 cm³/mol. The van der Waals surface area contributed by atoms with E-state index in [0.717, 1.165) is 6.42 Å². The second-order valence-electron chi connectivity index (χ2n) is 7.06. The number of carbonyl (C=O) groups excluding carboxylic acids is 1. The maximum absolute atomic E-state index is 12.8. The summed E-state index contributed by atoms with van der Waals surface area (Å²) < 4.78 is 5.97. The third-order valence-corrected chi connectivity index (χ3v) is 6.60. The number of hydrogen-bond acceptors (Lipinski definition) is 2.